The molecule has 0 heterocycles. The van der Waals surface area contributed by atoms with Gasteiger partial charge in [0.1, 0.15) is 0 Å². The fourth-order valence-electron chi connectivity index (χ4n) is 2.93. The van der Waals surface area contributed by atoms with E-state index >= 15 is 0 Å². The van der Waals surface area contributed by atoms with Gasteiger partial charge < -0.3 is 10.1 Å². The minimum absolute atomic E-state index is 0.390. The Morgan fingerprint density at radius 2 is 1.83 bits per heavy atom. The van der Waals surface area contributed by atoms with Gasteiger partial charge in [0.2, 0.25) is 5.72 Å². The molecule has 2 amide bonds. The lowest BCUT2D eigenvalue weighted by atomic mass is 9.90. The smallest absolute Gasteiger partial charge is 0.414 e. The van der Waals surface area contributed by atoms with Gasteiger partial charge in [-0.3, -0.25) is 10.1 Å². The predicted molar refractivity (Wildman–Crippen MR) is 113 cm³/mol. The Hall–Kier alpha value is -4.04. The molecule has 5 nitrogen and oxygen atoms in total. The van der Waals surface area contributed by atoms with Crippen LogP contribution < -0.4 is 10.6 Å². The minimum atomic E-state index is -1.42. The number of amides is 2. The van der Waals surface area contributed by atoms with E-state index in [0.717, 1.165) is 0 Å². The van der Waals surface area contributed by atoms with Gasteiger partial charge in [-0.2, -0.15) is 0 Å². The van der Waals surface area contributed by atoms with Gasteiger partial charge in [-0.15, -0.1) is 13.0 Å². The van der Waals surface area contributed by atoms with Crippen LogP contribution >= 0.6 is 0 Å². The van der Waals surface area contributed by atoms with E-state index in [4.69, 9.17) is 11.2 Å². The zero-order chi connectivity index (χ0) is 20.7. The molecule has 1 aliphatic carbocycles. The Balaban J connectivity index is 1.83. The predicted octanol–water partition coefficient (Wildman–Crippen LogP) is 4.27. The number of nitrogens with one attached hydrogen (secondary N) is 2. The molecule has 0 saturated heterocycles. The molecule has 29 heavy (non-hydrogen) atoms. The number of ether oxygens (including phenoxy) is 1. The Labute approximate surface area is 169 Å². The van der Waals surface area contributed by atoms with Crippen molar-refractivity contribution in [2.24, 2.45) is 5.92 Å². The Bertz CT molecular complexity index is 1000. The summed E-state index contributed by atoms with van der Waals surface area (Å²) < 4.78 is 5.70. The molecule has 0 spiro atoms. The maximum absolute atomic E-state index is 12.9. The molecule has 2 aromatic rings. The fraction of sp³-hybridized carbons (Fsp3) is 0.0833. The van der Waals surface area contributed by atoms with Gasteiger partial charge in [0.05, 0.1) is 5.92 Å². The highest BCUT2D eigenvalue weighted by Crippen LogP contribution is 2.28. The number of hydrogen-bond donors (Lipinski definition) is 2. The van der Waals surface area contributed by atoms with Crippen LogP contribution in [0.2, 0.25) is 0 Å². The van der Waals surface area contributed by atoms with Gasteiger partial charge in [-0.25, -0.2) is 4.79 Å². The number of carbonyl (C=O) groups is 2. The molecule has 2 atom stereocenters. The lowest BCUT2D eigenvalue weighted by molar-refractivity contribution is 0.0116. The van der Waals surface area contributed by atoms with Gasteiger partial charge >= 0.3 is 6.09 Å². The molecule has 0 bridgehead atoms. The van der Waals surface area contributed by atoms with E-state index in [1.165, 1.54) is 0 Å². The van der Waals surface area contributed by atoms with E-state index < -0.39 is 23.6 Å². The van der Waals surface area contributed by atoms with Crippen molar-refractivity contribution in [3.8, 4) is 12.3 Å². The van der Waals surface area contributed by atoms with Crippen molar-refractivity contribution in [3.05, 3.63) is 103 Å². The number of hydrogen-bond acceptors (Lipinski definition) is 3. The van der Waals surface area contributed by atoms with E-state index in [1.54, 1.807) is 78.9 Å². The van der Waals surface area contributed by atoms with Crippen molar-refractivity contribution in [1.82, 2.24) is 5.32 Å². The number of benzene rings is 2. The summed E-state index contributed by atoms with van der Waals surface area (Å²) in [7, 11) is 0. The van der Waals surface area contributed by atoms with Gasteiger partial charge in [0, 0.05) is 16.8 Å². The summed E-state index contributed by atoms with van der Waals surface area (Å²) in [5.74, 6) is 1.64. The second-order valence-corrected chi connectivity index (χ2v) is 6.35. The average molecular weight is 384 g/mol. The number of terminal acetylenes is 1. The molecule has 2 aromatic carbocycles. The SMILES string of the molecule is C#Cc1ccc(C(=O)NC2(OC(=O)Nc3ccccc3)C=CC=C[C@@H]2C=C)cc1. The second kappa shape index (κ2) is 8.77. The molecule has 0 radical (unpaired) electrons. The molecule has 0 fully saturated rings. The quantitative estimate of drug-likeness (QED) is 0.460. The summed E-state index contributed by atoms with van der Waals surface area (Å²) in [5.41, 5.74) is 0.215. The third-order valence-electron chi connectivity index (χ3n) is 4.43. The fourth-order valence-corrected chi connectivity index (χ4v) is 2.93. The van der Waals surface area contributed by atoms with Crippen LogP contribution in [-0.2, 0) is 4.74 Å². The molecular formula is C24H20N2O3. The zero-order valence-corrected chi connectivity index (χ0v) is 15.7. The van der Waals surface area contributed by atoms with Crippen LogP contribution in [0.25, 0.3) is 0 Å². The molecule has 144 valence electrons. The van der Waals surface area contributed by atoms with Crippen LogP contribution in [0.3, 0.4) is 0 Å². The summed E-state index contributed by atoms with van der Waals surface area (Å²) >= 11 is 0. The lowest BCUT2D eigenvalue weighted by Gasteiger charge is -2.37. The summed E-state index contributed by atoms with van der Waals surface area (Å²) in [6, 6.07) is 15.5. The van der Waals surface area contributed by atoms with Gasteiger partial charge in [-0.05, 0) is 42.5 Å². The van der Waals surface area contributed by atoms with Crippen LogP contribution in [0.5, 0.6) is 0 Å². The monoisotopic (exact) mass is 384 g/mol. The molecule has 1 aliphatic rings. The largest absolute Gasteiger partial charge is 0.418 e. The molecule has 3 rings (SSSR count). The topological polar surface area (TPSA) is 67.4 Å². The first-order valence-corrected chi connectivity index (χ1v) is 8.99. The van der Waals surface area contributed by atoms with Crippen LogP contribution in [-0.4, -0.2) is 17.7 Å². The van der Waals surface area contributed by atoms with Crippen LogP contribution in [0.1, 0.15) is 15.9 Å². The number of anilines is 1. The number of allylic oxidation sites excluding steroid dienone is 2. The minimum Gasteiger partial charge on any atom is -0.418 e. The molecule has 0 saturated carbocycles. The van der Waals surface area contributed by atoms with E-state index in [1.807, 2.05) is 6.07 Å². The lowest BCUT2D eigenvalue weighted by Crippen LogP contribution is -2.55. The van der Waals surface area contributed by atoms with Crippen molar-refractivity contribution in [2.75, 3.05) is 5.32 Å². The number of para-hydroxylation sites is 1. The van der Waals surface area contributed by atoms with E-state index in [2.05, 4.69) is 23.1 Å². The number of rotatable bonds is 5. The summed E-state index contributed by atoms with van der Waals surface area (Å²) in [6.45, 7) is 3.80. The first-order valence-electron chi connectivity index (χ1n) is 8.99. The van der Waals surface area contributed by atoms with Crippen LogP contribution in [0.15, 0.2) is 91.6 Å². The molecule has 5 heteroatoms. The highest BCUT2D eigenvalue weighted by molar-refractivity contribution is 5.95. The zero-order valence-electron chi connectivity index (χ0n) is 15.7. The highest BCUT2D eigenvalue weighted by Gasteiger charge is 2.40. The van der Waals surface area contributed by atoms with Crippen LogP contribution in [0.4, 0.5) is 10.5 Å². The van der Waals surface area contributed by atoms with Crippen LogP contribution in [0, 0.1) is 18.3 Å². The molecule has 0 aromatic heterocycles. The van der Waals surface area contributed by atoms with Crippen molar-refractivity contribution >= 4 is 17.7 Å². The van der Waals surface area contributed by atoms with Crippen molar-refractivity contribution in [3.63, 3.8) is 0 Å². The van der Waals surface area contributed by atoms with Gasteiger partial charge in [-0.1, -0.05) is 48.4 Å². The van der Waals surface area contributed by atoms with E-state index in [-0.39, 0.29) is 0 Å². The van der Waals surface area contributed by atoms with Crippen molar-refractivity contribution < 1.29 is 14.3 Å². The Kier molecular flexibility index (Phi) is 5.96. The molecule has 1 unspecified atom stereocenters. The standard InChI is InChI=1S/C24H20N2O3/c1-3-18-13-15-19(16-14-18)22(27)26-24(17-9-8-10-20(24)4-2)29-23(28)25-21-11-6-5-7-12-21/h1,4-17,20H,2H2,(H,25,28)(H,26,27)/t20-,24?/m0/s1. The highest BCUT2D eigenvalue weighted by atomic mass is 16.6. The molecule has 0 aliphatic heterocycles. The summed E-state index contributed by atoms with van der Waals surface area (Å²) in [5, 5.41) is 5.48. The normalized spacial score (nSPS) is 19.6. The molecule has 2 N–H and O–H groups in total. The Morgan fingerprint density at radius 3 is 2.48 bits per heavy atom. The first-order chi connectivity index (χ1) is 14.1. The van der Waals surface area contributed by atoms with Crippen molar-refractivity contribution in [1.29, 1.82) is 0 Å². The maximum Gasteiger partial charge on any atom is 0.414 e. The average Bonchev–Trinajstić information content (AvgIpc) is 2.74. The summed E-state index contributed by atoms with van der Waals surface area (Å²) in [6.07, 6.45) is 13.2. The third-order valence-corrected chi connectivity index (χ3v) is 4.43. The number of carbonyl (C=O) groups excluding carboxylic acids is 2. The first kappa shape index (κ1) is 19.7. The van der Waals surface area contributed by atoms with E-state index in [9.17, 15) is 9.59 Å². The second-order valence-electron chi connectivity index (χ2n) is 6.35. The van der Waals surface area contributed by atoms with Gasteiger partial charge in [0.15, 0.2) is 0 Å². The molecular weight excluding hydrogens is 364 g/mol. The van der Waals surface area contributed by atoms with E-state index in [0.29, 0.717) is 16.8 Å². The maximum atomic E-state index is 12.9. The van der Waals surface area contributed by atoms with Crippen molar-refractivity contribution in [2.45, 2.75) is 5.72 Å². The third kappa shape index (κ3) is 4.63. The van der Waals surface area contributed by atoms with Gasteiger partial charge in [0.25, 0.3) is 5.91 Å². The summed E-state index contributed by atoms with van der Waals surface area (Å²) in [4.78, 5) is 25.4. The Morgan fingerprint density at radius 1 is 1.10 bits per heavy atom.